The number of fused-ring (bicyclic) bond motifs is 1. The monoisotopic (exact) mass is 419 g/mol. The van der Waals surface area contributed by atoms with Gasteiger partial charge in [0.1, 0.15) is 11.5 Å². The Kier molecular flexibility index (Phi) is 6.05. The predicted molar refractivity (Wildman–Crippen MR) is 112 cm³/mol. The molecule has 1 aliphatic carbocycles. The first-order chi connectivity index (χ1) is 13.6. The maximum Gasteiger partial charge on any atom is 0.315 e. The SMILES string of the molecule is CNS(=O)(=O)Cc1ccc(CNC(=O)NC2CC(C)(C)Cc3oc(C)cc32)cc1. The van der Waals surface area contributed by atoms with Crippen LogP contribution >= 0.6 is 0 Å². The Hall–Kier alpha value is -2.32. The number of sulfonamides is 1. The zero-order valence-electron chi connectivity index (χ0n) is 17.3. The molecule has 0 aliphatic heterocycles. The minimum atomic E-state index is -3.30. The molecule has 158 valence electrons. The van der Waals surface area contributed by atoms with Crippen molar-refractivity contribution < 1.29 is 17.6 Å². The number of hydrogen-bond acceptors (Lipinski definition) is 4. The van der Waals surface area contributed by atoms with E-state index in [9.17, 15) is 13.2 Å². The van der Waals surface area contributed by atoms with Crippen molar-refractivity contribution in [2.24, 2.45) is 5.41 Å². The van der Waals surface area contributed by atoms with Crippen LogP contribution in [0.2, 0.25) is 0 Å². The summed E-state index contributed by atoms with van der Waals surface area (Å²) in [6.07, 6.45) is 1.71. The van der Waals surface area contributed by atoms with Crippen molar-refractivity contribution in [1.82, 2.24) is 15.4 Å². The summed E-state index contributed by atoms with van der Waals surface area (Å²) in [6, 6.07) is 8.85. The normalized spacial score (nSPS) is 18.1. The van der Waals surface area contributed by atoms with E-state index in [1.165, 1.54) is 7.05 Å². The summed E-state index contributed by atoms with van der Waals surface area (Å²) in [5.41, 5.74) is 2.71. The summed E-state index contributed by atoms with van der Waals surface area (Å²) in [7, 11) is -1.90. The Bertz CT molecular complexity index is 978. The summed E-state index contributed by atoms with van der Waals surface area (Å²) in [5.74, 6) is 1.75. The molecule has 1 aromatic carbocycles. The quantitative estimate of drug-likeness (QED) is 0.670. The van der Waals surface area contributed by atoms with Crippen molar-refractivity contribution >= 4 is 16.1 Å². The highest BCUT2D eigenvalue weighted by molar-refractivity contribution is 7.88. The van der Waals surface area contributed by atoms with Gasteiger partial charge in [0.15, 0.2) is 0 Å². The molecule has 1 heterocycles. The number of amides is 2. The average molecular weight is 420 g/mol. The van der Waals surface area contributed by atoms with Gasteiger partial charge in [0, 0.05) is 18.5 Å². The van der Waals surface area contributed by atoms with E-state index in [1.54, 1.807) is 12.1 Å². The minimum absolute atomic E-state index is 0.0543. The van der Waals surface area contributed by atoms with Crippen molar-refractivity contribution in [3.05, 3.63) is 58.5 Å². The zero-order valence-corrected chi connectivity index (χ0v) is 18.2. The molecule has 0 radical (unpaired) electrons. The maximum absolute atomic E-state index is 12.5. The van der Waals surface area contributed by atoms with Gasteiger partial charge in [-0.15, -0.1) is 0 Å². The van der Waals surface area contributed by atoms with Crippen molar-refractivity contribution in [3.8, 4) is 0 Å². The lowest BCUT2D eigenvalue weighted by Gasteiger charge is -2.34. The standard InChI is InChI=1S/C21H29N3O4S/c1-14-9-17-18(10-21(2,3)11-19(17)28-14)24-20(25)23-12-15-5-7-16(8-6-15)13-29(26,27)22-4/h5-9,18,22H,10-13H2,1-4H3,(H2,23,24,25). The molecular weight excluding hydrogens is 390 g/mol. The van der Waals surface area contributed by atoms with Gasteiger partial charge in [-0.05, 0) is 43.0 Å². The Morgan fingerprint density at radius 3 is 2.52 bits per heavy atom. The highest BCUT2D eigenvalue weighted by Crippen LogP contribution is 2.41. The van der Waals surface area contributed by atoms with Crippen LogP contribution in [0.15, 0.2) is 34.7 Å². The molecule has 0 bridgehead atoms. The number of aryl methyl sites for hydroxylation is 1. The second kappa shape index (κ2) is 8.20. The highest BCUT2D eigenvalue weighted by Gasteiger charge is 2.35. The molecule has 0 fully saturated rings. The van der Waals surface area contributed by atoms with Crippen LogP contribution in [0, 0.1) is 12.3 Å². The molecule has 29 heavy (non-hydrogen) atoms. The van der Waals surface area contributed by atoms with Crippen LogP contribution in [-0.2, 0) is 28.7 Å². The summed E-state index contributed by atoms with van der Waals surface area (Å²) in [5, 5.41) is 5.95. The number of carbonyl (C=O) groups excluding carboxylic acids is 1. The van der Waals surface area contributed by atoms with Gasteiger partial charge in [-0.2, -0.15) is 0 Å². The number of hydrogen-bond donors (Lipinski definition) is 3. The van der Waals surface area contributed by atoms with E-state index in [-0.39, 0.29) is 23.2 Å². The molecule has 2 aromatic rings. The number of furan rings is 1. The van der Waals surface area contributed by atoms with Crippen LogP contribution in [0.4, 0.5) is 4.79 Å². The summed E-state index contributed by atoms with van der Waals surface area (Å²) in [6.45, 7) is 6.64. The van der Waals surface area contributed by atoms with E-state index in [0.29, 0.717) is 12.1 Å². The van der Waals surface area contributed by atoms with Gasteiger partial charge in [-0.25, -0.2) is 17.9 Å². The molecule has 0 saturated heterocycles. The van der Waals surface area contributed by atoms with Crippen molar-refractivity contribution in [1.29, 1.82) is 0 Å². The highest BCUT2D eigenvalue weighted by atomic mass is 32.2. The van der Waals surface area contributed by atoms with Crippen molar-refractivity contribution in [2.45, 2.75) is 52.0 Å². The van der Waals surface area contributed by atoms with Crippen LogP contribution in [0.5, 0.6) is 0 Å². The summed E-state index contributed by atoms with van der Waals surface area (Å²) < 4.78 is 31.3. The van der Waals surface area contributed by atoms with E-state index in [4.69, 9.17) is 4.42 Å². The van der Waals surface area contributed by atoms with E-state index in [0.717, 1.165) is 35.5 Å². The molecule has 7 nitrogen and oxygen atoms in total. The summed E-state index contributed by atoms with van der Waals surface area (Å²) >= 11 is 0. The molecular formula is C21H29N3O4S. The van der Waals surface area contributed by atoms with E-state index < -0.39 is 10.0 Å². The fourth-order valence-electron chi connectivity index (χ4n) is 3.75. The van der Waals surface area contributed by atoms with Gasteiger partial charge in [0.25, 0.3) is 0 Å². The third-order valence-electron chi connectivity index (χ3n) is 5.19. The van der Waals surface area contributed by atoms with Crippen LogP contribution in [0.3, 0.4) is 0 Å². The fourth-order valence-corrected chi connectivity index (χ4v) is 4.53. The lowest BCUT2D eigenvalue weighted by Crippen LogP contribution is -2.41. The topological polar surface area (TPSA) is 100 Å². The Balaban J connectivity index is 1.58. The van der Waals surface area contributed by atoms with Crippen molar-refractivity contribution in [2.75, 3.05) is 7.05 Å². The average Bonchev–Trinajstić information content (AvgIpc) is 3.00. The predicted octanol–water partition coefficient (Wildman–Crippen LogP) is 3.15. The second-order valence-electron chi connectivity index (χ2n) is 8.44. The molecule has 1 aliphatic rings. The number of carbonyl (C=O) groups is 1. The second-order valence-corrected chi connectivity index (χ2v) is 10.4. The Morgan fingerprint density at radius 1 is 1.21 bits per heavy atom. The molecule has 2 amide bonds. The third-order valence-corrected chi connectivity index (χ3v) is 6.52. The number of rotatable bonds is 6. The Labute approximate surface area is 172 Å². The molecule has 1 aromatic heterocycles. The van der Waals surface area contributed by atoms with Crippen LogP contribution in [0.25, 0.3) is 0 Å². The molecule has 1 atom stereocenters. The van der Waals surface area contributed by atoms with Gasteiger partial charge in [0.2, 0.25) is 10.0 Å². The lowest BCUT2D eigenvalue weighted by atomic mass is 9.75. The molecule has 3 N–H and O–H groups in total. The number of nitrogens with one attached hydrogen (secondary N) is 3. The molecule has 1 unspecified atom stereocenters. The minimum Gasteiger partial charge on any atom is -0.466 e. The first-order valence-corrected chi connectivity index (χ1v) is 11.3. The van der Waals surface area contributed by atoms with E-state index in [2.05, 4.69) is 29.2 Å². The molecule has 3 rings (SSSR count). The molecule has 0 spiro atoms. The van der Waals surface area contributed by atoms with Crippen LogP contribution < -0.4 is 15.4 Å². The lowest BCUT2D eigenvalue weighted by molar-refractivity contribution is 0.214. The fraction of sp³-hybridized carbons (Fsp3) is 0.476. The summed E-state index contributed by atoms with van der Waals surface area (Å²) in [4.78, 5) is 12.5. The van der Waals surface area contributed by atoms with Gasteiger partial charge in [-0.1, -0.05) is 38.1 Å². The van der Waals surface area contributed by atoms with Crippen LogP contribution in [-0.4, -0.2) is 21.5 Å². The largest absolute Gasteiger partial charge is 0.466 e. The van der Waals surface area contributed by atoms with Gasteiger partial charge in [-0.3, -0.25) is 0 Å². The number of benzene rings is 1. The third kappa shape index (κ3) is 5.61. The maximum atomic E-state index is 12.5. The zero-order chi connectivity index (χ0) is 21.2. The van der Waals surface area contributed by atoms with Gasteiger partial charge < -0.3 is 15.1 Å². The number of urea groups is 1. The van der Waals surface area contributed by atoms with E-state index >= 15 is 0 Å². The van der Waals surface area contributed by atoms with Gasteiger partial charge in [0.05, 0.1) is 11.8 Å². The Morgan fingerprint density at radius 2 is 1.86 bits per heavy atom. The first kappa shape index (κ1) is 21.4. The van der Waals surface area contributed by atoms with Crippen LogP contribution in [0.1, 0.15) is 54.5 Å². The smallest absolute Gasteiger partial charge is 0.315 e. The van der Waals surface area contributed by atoms with E-state index in [1.807, 2.05) is 25.1 Å². The van der Waals surface area contributed by atoms with Crippen molar-refractivity contribution in [3.63, 3.8) is 0 Å². The molecule has 8 heteroatoms. The van der Waals surface area contributed by atoms with Gasteiger partial charge >= 0.3 is 6.03 Å². The first-order valence-electron chi connectivity index (χ1n) is 9.69. The molecule has 0 saturated carbocycles.